The van der Waals surface area contributed by atoms with Crippen LogP contribution in [0.4, 0.5) is 0 Å². The summed E-state index contributed by atoms with van der Waals surface area (Å²) in [5.41, 5.74) is 3.40. The number of thiocarbonyl (C=S) groups is 1. The first-order valence-electron chi connectivity index (χ1n) is 6.85. The maximum Gasteiger partial charge on any atom is 0.285 e. The number of amides is 2. The molecule has 2 amide bonds. The number of hydrogen-bond acceptors (Lipinski definition) is 6. The van der Waals surface area contributed by atoms with Gasteiger partial charge in [0.15, 0.2) is 4.32 Å². The standard InChI is InChI=1S/C16H12N2O3S3/c1-21-11-6-4-10(5-7-11)9-13-15(20)18(16(22)24-13)17-14(19)12-3-2-8-23-12/h2-9H,1H3,(H,17,19)/b13-9-. The van der Waals surface area contributed by atoms with E-state index in [1.807, 2.05) is 24.3 Å². The van der Waals surface area contributed by atoms with Crippen LogP contribution in [0.15, 0.2) is 46.7 Å². The number of nitrogens with zero attached hydrogens (tertiary/aromatic N) is 1. The zero-order valence-electron chi connectivity index (χ0n) is 12.5. The summed E-state index contributed by atoms with van der Waals surface area (Å²) in [5, 5.41) is 2.90. The van der Waals surface area contributed by atoms with E-state index in [0.29, 0.717) is 14.1 Å². The summed E-state index contributed by atoms with van der Waals surface area (Å²) in [4.78, 5) is 25.5. The molecule has 1 saturated heterocycles. The first-order valence-corrected chi connectivity index (χ1v) is 8.95. The topological polar surface area (TPSA) is 58.6 Å². The van der Waals surface area contributed by atoms with Gasteiger partial charge in [-0.25, -0.2) is 0 Å². The van der Waals surface area contributed by atoms with Crippen molar-refractivity contribution in [1.29, 1.82) is 0 Å². The van der Waals surface area contributed by atoms with E-state index in [4.69, 9.17) is 17.0 Å². The summed E-state index contributed by atoms with van der Waals surface area (Å²) < 4.78 is 5.40. The van der Waals surface area contributed by atoms with E-state index in [9.17, 15) is 9.59 Å². The van der Waals surface area contributed by atoms with E-state index < -0.39 is 0 Å². The van der Waals surface area contributed by atoms with Crippen molar-refractivity contribution in [1.82, 2.24) is 10.4 Å². The number of hydrazine groups is 1. The monoisotopic (exact) mass is 376 g/mol. The van der Waals surface area contributed by atoms with Crippen molar-refractivity contribution < 1.29 is 14.3 Å². The molecule has 2 aromatic rings. The second-order valence-electron chi connectivity index (χ2n) is 4.71. The number of hydrogen-bond donors (Lipinski definition) is 1. The lowest BCUT2D eigenvalue weighted by atomic mass is 10.2. The Labute approximate surface area is 152 Å². The Morgan fingerprint density at radius 1 is 1.29 bits per heavy atom. The fraction of sp³-hybridized carbons (Fsp3) is 0.0625. The first kappa shape index (κ1) is 16.7. The number of thioether (sulfide) groups is 1. The van der Waals surface area contributed by atoms with E-state index in [2.05, 4.69) is 5.43 Å². The highest BCUT2D eigenvalue weighted by Gasteiger charge is 2.33. The Morgan fingerprint density at radius 3 is 2.67 bits per heavy atom. The van der Waals surface area contributed by atoms with Crippen molar-refractivity contribution in [2.75, 3.05) is 7.11 Å². The SMILES string of the molecule is COc1ccc(/C=C2\SC(=S)N(NC(=O)c3cccs3)C2=O)cc1. The van der Waals surface area contributed by atoms with Crippen LogP contribution in [0.1, 0.15) is 15.2 Å². The third kappa shape index (κ3) is 3.50. The summed E-state index contributed by atoms with van der Waals surface area (Å²) in [7, 11) is 1.59. The van der Waals surface area contributed by atoms with Gasteiger partial charge in [0.1, 0.15) is 5.75 Å². The normalized spacial score (nSPS) is 15.9. The second kappa shape index (κ2) is 7.16. The Bertz CT molecular complexity index is 814. The Hall–Kier alpha value is -2.16. The number of ether oxygens (including phenoxy) is 1. The molecule has 1 aliphatic heterocycles. The van der Waals surface area contributed by atoms with E-state index >= 15 is 0 Å². The maximum atomic E-state index is 12.5. The average molecular weight is 376 g/mol. The molecule has 0 radical (unpaired) electrons. The lowest BCUT2D eigenvalue weighted by Crippen LogP contribution is -2.44. The molecule has 0 aliphatic carbocycles. The minimum absolute atomic E-state index is 0.296. The third-order valence-corrected chi connectivity index (χ3v) is 5.34. The van der Waals surface area contributed by atoms with E-state index in [1.165, 1.54) is 11.3 Å². The predicted octanol–water partition coefficient (Wildman–Crippen LogP) is 3.30. The zero-order valence-corrected chi connectivity index (χ0v) is 15.0. The summed E-state index contributed by atoms with van der Waals surface area (Å²) in [6.45, 7) is 0. The average Bonchev–Trinajstić information content (AvgIpc) is 3.20. The smallest absolute Gasteiger partial charge is 0.285 e. The van der Waals surface area contributed by atoms with Crippen LogP contribution in [-0.2, 0) is 4.79 Å². The van der Waals surface area contributed by atoms with Crippen LogP contribution in [0, 0.1) is 0 Å². The highest BCUT2D eigenvalue weighted by molar-refractivity contribution is 8.26. The molecule has 2 heterocycles. The van der Waals surface area contributed by atoms with Gasteiger partial charge in [-0.3, -0.25) is 15.0 Å². The van der Waals surface area contributed by atoms with Gasteiger partial charge in [-0.05, 0) is 47.4 Å². The number of thiophene rings is 1. The van der Waals surface area contributed by atoms with Crippen LogP contribution in [0.25, 0.3) is 6.08 Å². The Balaban J connectivity index is 1.75. The predicted molar refractivity (Wildman–Crippen MR) is 99.8 cm³/mol. The van der Waals surface area contributed by atoms with Crippen molar-refractivity contribution in [3.63, 3.8) is 0 Å². The van der Waals surface area contributed by atoms with Crippen molar-refractivity contribution in [3.05, 3.63) is 57.1 Å². The third-order valence-electron chi connectivity index (χ3n) is 3.17. The summed E-state index contributed by atoms with van der Waals surface area (Å²) >= 11 is 7.64. The number of carbonyl (C=O) groups excluding carboxylic acids is 2. The van der Waals surface area contributed by atoms with Crippen molar-refractivity contribution >= 4 is 57.5 Å². The van der Waals surface area contributed by atoms with Crippen molar-refractivity contribution in [3.8, 4) is 5.75 Å². The molecule has 1 aliphatic rings. The van der Waals surface area contributed by atoms with Crippen LogP contribution >= 0.6 is 35.3 Å². The van der Waals surface area contributed by atoms with E-state index in [1.54, 1.807) is 30.7 Å². The molecule has 1 aromatic carbocycles. The van der Waals surface area contributed by atoms with Crippen LogP contribution in [0.2, 0.25) is 0 Å². The van der Waals surface area contributed by atoms with Gasteiger partial charge >= 0.3 is 0 Å². The molecule has 1 fully saturated rings. The fourth-order valence-corrected chi connectivity index (χ4v) is 3.77. The highest BCUT2D eigenvalue weighted by atomic mass is 32.2. The number of nitrogens with one attached hydrogen (secondary N) is 1. The molecule has 0 unspecified atom stereocenters. The minimum atomic E-state index is -0.355. The molecule has 3 rings (SSSR count). The van der Waals surface area contributed by atoms with Gasteiger partial charge in [0.25, 0.3) is 11.8 Å². The lowest BCUT2D eigenvalue weighted by molar-refractivity contribution is -0.123. The van der Waals surface area contributed by atoms with Gasteiger partial charge in [-0.2, -0.15) is 5.01 Å². The lowest BCUT2D eigenvalue weighted by Gasteiger charge is -2.14. The van der Waals surface area contributed by atoms with Gasteiger partial charge < -0.3 is 4.74 Å². The van der Waals surface area contributed by atoms with E-state index in [-0.39, 0.29) is 11.8 Å². The van der Waals surface area contributed by atoms with Gasteiger partial charge in [0, 0.05) is 0 Å². The van der Waals surface area contributed by atoms with Crippen LogP contribution in [0.5, 0.6) is 5.75 Å². The van der Waals surface area contributed by atoms with E-state index in [0.717, 1.165) is 28.1 Å². The molecule has 0 bridgehead atoms. The first-order chi connectivity index (χ1) is 11.6. The molecule has 0 saturated carbocycles. The summed E-state index contributed by atoms with van der Waals surface area (Å²) in [5.74, 6) is 0.0423. The van der Waals surface area contributed by atoms with Crippen LogP contribution in [0.3, 0.4) is 0 Å². The highest BCUT2D eigenvalue weighted by Crippen LogP contribution is 2.31. The Kier molecular flexibility index (Phi) is 4.98. The zero-order chi connectivity index (χ0) is 17.1. The van der Waals surface area contributed by atoms with Crippen molar-refractivity contribution in [2.24, 2.45) is 0 Å². The minimum Gasteiger partial charge on any atom is -0.497 e. The van der Waals surface area contributed by atoms with Gasteiger partial charge in [-0.1, -0.05) is 30.0 Å². The van der Waals surface area contributed by atoms with Gasteiger partial charge in [-0.15, -0.1) is 11.3 Å². The number of rotatable bonds is 4. The van der Waals surface area contributed by atoms with Crippen molar-refractivity contribution in [2.45, 2.75) is 0 Å². The Morgan fingerprint density at radius 2 is 2.04 bits per heavy atom. The number of benzene rings is 1. The fourth-order valence-electron chi connectivity index (χ4n) is 1.98. The number of carbonyl (C=O) groups is 2. The molecule has 5 nitrogen and oxygen atoms in total. The van der Waals surface area contributed by atoms with Crippen LogP contribution in [-0.4, -0.2) is 28.3 Å². The molecule has 0 atom stereocenters. The summed E-state index contributed by atoms with van der Waals surface area (Å²) in [6, 6.07) is 10.8. The van der Waals surface area contributed by atoms with Gasteiger partial charge in [0.2, 0.25) is 0 Å². The van der Waals surface area contributed by atoms with Crippen LogP contribution < -0.4 is 10.2 Å². The molecule has 122 valence electrons. The van der Waals surface area contributed by atoms with Gasteiger partial charge in [0.05, 0.1) is 16.9 Å². The largest absolute Gasteiger partial charge is 0.497 e. The molecular weight excluding hydrogens is 364 g/mol. The molecule has 8 heteroatoms. The molecular formula is C16H12N2O3S3. The quantitative estimate of drug-likeness (QED) is 0.655. The second-order valence-corrected chi connectivity index (χ2v) is 7.33. The molecule has 1 N–H and O–H groups in total. The molecule has 0 spiro atoms. The maximum absolute atomic E-state index is 12.5. The number of methoxy groups -OCH3 is 1. The molecule has 24 heavy (non-hydrogen) atoms. The summed E-state index contributed by atoms with van der Waals surface area (Å²) in [6.07, 6.45) is 1.73. The molecule has 1 aromatic heterocycles.